The lowest BCUT2D eigenvalue weighted by atomic mass is 10.2. The molecule has 0 saturated heterocycles. The first kappa shape index (κ1) is 15.0. The number of fused-ring (bicyclic) bond motifs is 3. The fourth-order valence-corrected chi connectivity index (χ4v) is 2.08. The fraction of sp³-hybridized carbons (Fsp3) is 0.231. The normalized spacial score (nSPS) is 12.0. The molecule has 0 fully saturated rings. The van der Waals surface area contributed by atoms with Gasteiger partial charge in [-0.3, -0.25) is 4.79 Å². The maximum atomic E-state index is 12.7. The van der Waals surface area contributed by atoms with Crippen molar-refractivity contribution < 1.29 is 22.7 Å². The molecule has 0 bridgehead atoms. The third-order valence-corrected chi connectivity index (χ3v) is 3.07. The molecule has 1 aromatic carbocycles. The maximum Gasteiger partial charge on any atom is 0.416 e. The molecular weight excluding hydrogens is 317 g/mol. The second-order valence-corrected chi connectivity index (χ2v) is 4.58. The van der Waals surface area contributed by atoms with Gasteiger partial charge in [-0.2, -0.15) is 18.2 Å². The number of carbonyl (C=O) groups excluding carboxylic acids is 1. The van der Waals surface area contributed by atoms with Gasteiger partial charge in [-0.15, -0.1) is 5.10 Å². The third kappa shape index (κ3) is 2.51. The minimum Gasteiger partial charge on any atom is -0.460 e. The number of esters is 1. The number of alkyl halides is 3. The van der Waals surface area contributed by atoms with E-state index in [1.165, 1.54) is 0 Å². The molecule has 1 N–H and O–H groups in total. The molecule has 10 heteroatoms. The monoisotopic (exact) mass is 326 g/mol. The van der Waals surface area contributed by atoms with E-state index < -0.39 is 23.3 Å². The van der Waals surface area contributed by atoms with E-state index in [4.69, 9.17) is 4.74 Å². The van der Waals surface area contributed by atoms with Gasteiger partial charge in [-0.25, -0.2) is 9.31 Å². The van der Waals surface area contributed by atoms with Crippen molar-refractivity contribution in [1.82, 2.24) is 19.6 Å². The molecule has 0 unspecified atom stereocenters. The molecule has 120 valence electrons. The summed E-state index contributed by atoms with van der Waals surface area (Å²) in [5.74, 6) is -1.17. The molecular formula is C13H9F3N4O3. The van der Waals surface area contributed by atoms with Gasteiger partial charge in [0.05, 0.1) is 23.2 Å². The van der Waals surface area contributed by atoms with Gasteiger partial charge < -0.3 is 9.72 Å². The zero-order valence-electron chi connectivity index (χ0n) is 11.6. The van der Waals surface area contributed by atoms with Gasteiger partial charge in [0.2, 0.25) is 5.65 Å². The SMILES string of the molecule is CCOC(=O)c1nc2c(=O)[nH]c3cc(C(F)(F)F)ccc3n2n1. The predicted molar refractivity (Wildman–Crippen MR) is 72.1 cm³/mol. The summed E-state index contributed by atoms with van der Waals surface area (Å²) < 4.78 is 44.0. The Morgan fingerprint density at radius 2 is 2.13 bits per heavy atom. The van der Waals surface area contributed by atoms with Crippen LogP contribution in [0.5, 0.6) is 0 Å². The van der Waals surface area contributed by atoms with Crippen molar-refractivity contribution in [3.63, 3.8) is 0 Å². The van der Waals surface area contributed by atoms with E-state index in [1.807, 2.05) is 0 Å². The van der Waals surface area contributed by atoms with Crippen LogP contribution >= 0.6 is 0 Å². The number of aromatic nitrogens is 4. The lowest BCUT2D eigenvalue weighted by Crippen LogP contribution is -2.12. The predicted octanol–water partition coefficient (Wildman–Crippen LogP) is 1.77. The second kappa shape index (κ2) is 5.07. The van der Waals surface area contributed by atoms with Crippen molar-refractivity contribution in [3.8, 4) is 0 Å². The number of aromatic amines is 1. The average Bonchev–Trinajstić information content (AvgIpc) is 2.92. The molecule has 3 rings (SSSR count). The lowest BCUT2D eigenvalue weighted by Gasteiger charge is -2.07. The van der Waals surface area contributed by atoms with E-state index in [-0.39, 0.29) is 29.1 Å². The number of hydrogen-bond donors (Lipinski definition) is 1. The van der Waals surface area contributed by atoms with E-state index in [0.29, 0.717) is 0 Å². The molecule has 0 radical (unpaired) electrons. The van der Waals surface area contributed by atoms with Gasteiger partial charge in [0.25, 0.3) is 11.4 Å². The second-order valence-electron chi connectivity index (χ2n) is 4.58. The van der Waals surface area contributed by atoms with Crippen LogP contribution in [0.4, 0.5) is 13.2 Å². The minimum absolute atomic E-state index is 0.0716. The first-order chi connectivity index (χ1) is 10.8. The molecule has 0 aliphatic rings. The third-order valence-electron chi connectivity index (χ3n) is 3.07. The average molecular weight is 326 g/mol. The number of hydrogen-bond acceptors (Lipinski definition) is 5. The number of halogens is 3. The topological polar surface area (TPSA) is 89.3 Å². The highest BCUT2D eigenvalue weighted by Gasteiger charge is 2.31. The number of ether oxygens (including phenoxy) is 1. The van der Waals surface area contributed by atoms with E-state index in [9.17, 15) is 22.8 Å². The summed E-state index contributed by atoms with van der Waals surface area (Å²) in [5, 5.41) is 3.84. The number of rotatable bonds is 2. The largest absolute Gasteiger partial charge is 0.460 e. The summed E-state index contributed by atoms with van der Waals surface area (Å²) in [6, 6.07) is 2.79. The molecule has 0 spiro atoms. The summed E-state index contributed by atoms with van der Waals surface area (Å²) >= 11 is 0. The van der Waals surface area contributed by atoms with Crippen LogP contribution in [0, 0.1) is 0 Å². The Morgan fingerprint density at radius 3 is 2.78 bits per heavy atom. The van der Waals surface area contributed by atoms with Gasteiger partial charge in [-0.1, -0.05) is 0 Å². The van der Waals surface area contributed by atoms with Crippen molar-refractivity contribution in [2.45, 2.75) is 13.1 Å². The first-order valence-electron chi connectivity index (χ1n) is 6.48. The standard InChI is InChI=1S/C13H9F3N4O3/c1-2-23-12(22)9-18-10-11(21)17-7-5-6(13(14,15)16)3-4-8(7)20(10)19-9/h3-5H,2H2,1H3,(H,17,21). The van der Waals surface area contributed by atoms with Crippen LogP contribution in [-0.4, -0.2) is 32.2 Å². The summed E-state index contributed by atoms with van der Waals surface area (Å²) in [7, 11) is 0. The molecule has 2 heterocycles. The molecule has 3 aromatic rings. The van der Waals surface area contributed by atoms with Gasteiger partial charge >= 0.3 is 12.1 Å². The highest BCUT2D eigenvalue weighted by atomic mass is 19.4. The number of nitrogens with zero attached hydrogens (tertiary/aromatic N) is 3. The molecule has 23 heavy (non-hydrogen) atoms. The molecule has 0 amide bonds. The Morgan fingerprint density at radius 1 is 1.39 bits per heavy atom. The van der Waals surface area contributed by atoms with Crippen LogP contribution in [0.1, 0.15) is 23.1 Å². The molecule has 0 saturated carbocycles. The Bertz CT molecular complexity index is 974. The van der Waals surface area contributed by atoms with Gasteiger partial charge in [0.15, 0.2) is 0 Å². The quantitative estimate of drug-likeness (QED) is 0.725. The van der Waals surface area contributed by atoms with E-state index in [1.54, 1.807) is 6.92 Å². The summed E-state index contributed by atoms with van der Waals surface area (Å²) in [6.07, 6.45) is -4.54. The van der Waals surface area contributed by atoms with Crippen LogP contribution in [0.2, 0.25) is 0 Å². The molecule has 7 nitrogen and oxygen atoms in total. The van der Waals surface area contributed by atoms with E-state index in [2.05, 4.69) is 15.1 Å². The van der Waals surface area contributed by atoms with Gasteiger partial charge in [-0.05, 0) is 25.1 Å². The number of carbonyl (C=O) groups is 1. The number of H-pyrrole nitrogens is 1. The van der Waals surface area contributed by atoms with Crippen LogP contribution in [0.15, 0.2) is 23.0 Å². The molecule has 0 aliphatic heterocycles. The van der Waals surface area contributed by atoms with Crippen LogP contribution in [0.25, 0.3) is 16.7 Å². The zero-order valence-corrected chi connectivity index (χ0v) is 11.6. The Balaban J connectivity index is 2.26. The first-order valence-corrected chi connectivity index (χ1v) is 6.48. The van der Waals surface area contributed by atoms with Crippen molar-refractivity contribution in [1.29, 1.82) is 0 Å². The Hall–Kier alpha value is -2.91. The van der Waals surface area contributed by atoms with Crippen LogP contribution in [0.3, 0.4) is 0 Å². The maximum absolute atomic E-state index is 12.7. The summed E-state index contributed by atoms with van der Waals surface area (Å²) in [6.45, 7) is 1.69. The fourth-order valence-electron chi connectivity index (χ4n) is 2.08. The summed E-state index contributed by atoms with van der Waals surface area (Å²) in [5.41, 5.74) is -1.78. The zero-order chi connectivity index (χ0) is 16.8. The minimum atomic E-state index is -4.54. The highest BCUT2D eigenvalue weighted by molar-refractivity contribution is 5.86. The van der Waals surface area contributed by atoms with Crippen molar-refractivity contribution in [2.75, 3.05) is 6.61 Å². The molecule has 0 aliphatic carbocycles. The molecule has 2 aromatic heterocycles. The lowest BCUT2D eigenvalue weighted by molar-refractivity contribution is -0.137. The van der Waals surface area contributed by atoms with Crippen molar-refractivity contribution >= 4 is 22.6 Å². The van der Waals surface area contributed by atoms with Gasteiger partial charge in [0, 0.05) is 0 Å². The Labute approximate surface area is 125 Å². The van der Waals surface area contributed by atoms with E-state index >= 15 is 0 Å². The van der Waals surface area contributed by atoms with Crippen molar-refractivity contribution in [3.05, 3.63) is 39.9 Å². The highest BCUT2D eigenvalue weighted by Crippen LogP contribution is 2.30. The smallest absolute Gasteiger partial charge is 0.416 e. The van der Waals surface area contributed by atoms with Crippen molar-refractivity contribution in [2.24, 2.45) is 0 Å². The molecule has 0 atom stereocenters. The number of benzene rings is 1. The number of nitrogens with one attached hydrogen (secondary N) is 1. The van der Waals surface area contributed by atoms with Crippen LogP contribution < -0.4 is 5.56 Å². The van der Waals surface area contributed by atoms with E-state index in [0.717, 1.165) is 22.7 Å². The Kier molecular flexibility index (Phi) is 3.31. The van der Waals surface area contributed by atoms with Crippen LogP contribution in [-0.2, 0) is 10.9 Å². The van der Waals surface area contributed by atoms with Gasteiger partial charge in [0.1, 0.15) is 0 Å². The summed E-state index contributed by atoms with van der Waals surface area (Å²) in [4.78, 5) is 29.6.